The monoisotopic (exact) mass is 210 g/mol. The lowest BCUT2D eigenvalue weighted by Gasteiger charge is -2.13. The van der Waals surface area contributed by atoms with Gasteiger partial charge in [-0.05, 0) is 11.1 Å². The number of rotatable bonds is 6. The number of carbonyl (C=O) groups is 1. The minimum absolute atomic E-state index is 0.359. The van der Waals surface area contributed by atoms with E-state index in [1.165, 1.54) is 7.11 Å². The summed E-state index contributed by atoms with van der Waals surface area (Å²) in [7, 11) is 1.45. The molecule has 0 aromatic heterocycles. The van der Waals surface area contributed by atoms with Gasteiger partial charge in [-0.25, -0.2) is 10.1 Å². The molecule has 1 aromatic carbocycles. The molecule has 1 atom stereocenters. The van der Waals surface area contributed by atoms with Gasteiger partial charge in [0.2, 0.25) is 0 Å². The molecule has 1 rings (SSSR count). The summed E-state index contributed by atoms with van der Waals surface area (Å²) in [6, 6.07) is 7.48. The van der Waals surface area contributed by atoms with Gasteiger partial charge in [0.25, 0.3) is 0 Å². The van der Waals surface area contributed by atoms with Crippen molar-refractivity contribution in [1.82, 2.24) is 0 Å². The van der Waals surface area contributed by atoms with Crippen LogP contribution < -0.4 is 0 Å². The third kappa shape index (κ3) is 3.43. The summed E-state index contributed by atoms with van der Waals surface area (Å²) in [6.07, 6.45) is 0.924. The van der Waals surface area contributed by atoms with Crippen LogP contribution in [0.15, 0.2) is 24.3 Å². The number of hydrogen-bond acceptors (Lipinski definition) is 4. The van der Waals surface area contributed by atoms with Crippen molar-refractivity contribution < 1.29 is 19.7 Å². The largest absolute Gasteiger partial charge is 0.353 e. The first-order valence-electron chi connectivity index (χ1n) is 4.65. The molecule has 0 bridgehead atoms. The molecule has 1 aromatic rings. The molecule has 0 saturated heterocycles. The van der Waals surface area contributed by atoms with Crippen LogP contribution in [-0.4, -0.2) is 24.9 Å². The van der Waals surface area contributed by atoms with Crippen molar-refractivity contribution in [3.05, 3.63) is 35.4 Å². The number of methoxy groups -OCH3 is 1. The van der Waals surface area contributed by atoms with Crippen LogP contribution >= 0.6 is 0 Å². The minimum atomic E-state index is -0.696. The van der Waals surface area contributed by atoms with Gasteiger partial charge in [0.15, 0.2) is 6.29 Å². The topological polar surface area (TPSA) is 55.8 Å². The third-order valence-corrected chi connectivity index (χ3v) is 2.19. The molecule has 1 N–H and O–H groups in total. The van der Waals surface area contributed by atoms with E-state index in [9.17, 15) is 4.79 Å². The fourth-order valence-corrected chi connectivity index (χ4v) is 1.39. The van der Waals surface area contributed by atoms with Crippen molar-refractivity contribution in [2.24, 2.45) is 0 Å². The molecular weight excluding hydrogens is 196 g/mol. The summed E-state index contributed by atoms with van der Waals surface area (Å²) < 4.78 is 4.88. The van der Waals surface area contributed by atoms with E-state index in [0.29, 0.717) is 12.8 Å². The van der Waals surface area contributed by atoms with E-state index < -0.39 is 6.29 Å². The minimum Gasteiger partial charge on any atom is -0.353 e. The zero-order valence-corrected chi connectivity index (χ0v) is 8.55. The Balaban J connectivity index is 2.78. The molecule has 0 fully saturated rings. The second-order valence-electron chi connectivity index (χ2n) is 3.11. The molecule has 1 unspecified atom stereocenters. The predicted molar refractivity (Wildman–Crippen MR) is 54.4 cm³/mol. The maximum atomic E-state index is 10.4. The molecule has 15 heavy (non-hydrogen) atoms. The van der Waals surface area contributed by atoms with E-state index in [-0.39, 0.29) is 0 Å². The lowest BCUT2D eigenvalue weighted by Crippen LogP contribution is -2.17. The van der Waals surface area contributed by atoms with Gasteiger partial charge in [0.05, 0.1) is 0 Å². The average Bonchev–Trinajstić information content (AvgIpc) is 2.28. The van der Waals surface area contributed by atoms with E-state index in [4.69, 9.17) is 9.99 Å². The quantitative estimate of drug-likeness (QED) is 0.334. The molecule has 0 saturated carbocycles. The van der Waals surface area contributed by atoms with Crippen molar-refractivity contribution in [3.63, 3.8) is 0 Å². The lowest BCUT2D eigenvalue weighted by molar-refractivity contribution is -0.339. The Kier molecular flexibility index (Phi) is 4.97. The van der Waals surface area contributed by atoms with Crippen molar-refractivity contribution in [2.75, 3.05) is 7.11 Å². The normalized spacial score (nSPS) is 12.4. The molecule has 4 nitrogen and oxygen atoms in total. The molecule has 0 heterocycles. The van der Waals surface area contributed by atoms with Gasteiger partial charge >= 0.3 is 0 Å². The van der Waals surface area contributed by atoms with Crippen LogP contribution in [0.4, 0.5) is 0 Å². The molecule has 0 aliphatic heterocycles. The standard InChI is InChI=1S/C11H14O4/c1-14-11(15-13)8-10-5-3-2-4-9(10)6-7-12/h2-5,7,11,13H,6,8H2,1H3. The summed E-state index contributed by atoms with van der Waals surface area (Å²) in [6.45, 7) is 0. The Labute approximate surface area is 88.4 Å². The first-order valence-corrected chi connectivity index (χ1v) is 4.65. The van der Waals surface area contributed by atoms with Gasteiger partial charge in [-0.1, -0.05) is 24.3 Å². The molecule has 0 aliphatic rings. The fourth-order valence-electron chi connectivity index (χ4n) is 1.39. The fraction of sp³-hybridized carbons (Fsp3) is 0.364. The summed E-state index contributed by atoms with van der Waals surface area (Å²) in [5, 5.41) is 8.51. The lowest BCUT2D eigenvalue weighted by atomic mass is 10.0. The van der Waals surface area contributed by atoms with Crippen molar-refractivity contribution in [1.29, 1.82) is 0 Å². The van der Waals surface area contributed by atoms with Crippen LogP contribution in [0.3, 0.4) is 0 Å². The van der Waals surface area contributed by atoms with Crippen LogP contribution in [-0.2, 0) is 27.3 Å². The first kappa shape index (κ1) is 11.8. The molecule has 0 aliphatic carbocycles. The molecule has 0 amide bonds. The van der Waals surface area contributed by atoms with Gasteiger partial charge in [0.1, 0.15) is 6.29 Å². The zero-order valence-electron chi connectivity index (χ0n) is 8.55. The molecule has 82 valence electrons. The average molecular weight is 210 g/mol. The summed E-state index contributed by atoms with van der Waals surface area (Å²) in [5.74, 6) is 0. The van der Waals surface area contributed by atoms with Crippen molar-refractivity contribution >= 4 is 6.29 Å². The highest BCUT2D eigenvalue weighted by Crippen LogP contribution is 2.12. The molecular formula is C11H14O4. The van der Waals surface area contributed by atoms with E-state index in [1.54, 1.807) is 0 Å². The number of benzene rings is 1. The van der Waals surface area contributed by atoms with Gasteiger partial charge < -0.3 is 9.53 Å². The number of hydrogen-bond donors (Lipinski definition) is 1. The smallest absolute Gasteiger partial charge is 0.194 e. The molecule has 0 spiro atoms. The van der Waals surface area contributed by atoms with Crippen molar-refractivity contribution in [3.8, 4) is 0 Å². The highest BCUT2D eigenvalue weighted by molar-refractivity contribution is 5.56. The Morgan fingerprint density at radius 2 is 2.07 bits per heavy atom. The van der Waals surface area contributed by atoms with E-state index in [0.717, 1.165) is 17.4 Å². The Morgan fingerprint density at radius 3 is 2.60 bits per heavy atom. The van der Waals surface area contributed by atoms with Crippen LogP contribution in [0.25, 0.3) is 0 Å². The summed E-state index contributed by atoms with van der Waals surface area (Å²) >= 11 is 0. The summed E-state index contributed by atoms with van der Waals surface area (Å²) in [5.41, 5.74) is 1.86. The maximum absolute atomic E-state index is 10.4. The number of carbonyl (C=O) groups excluding carboxylic acids is 1. The number of aldehydes is 1. The van der Waals surface area contributed by atoms with Crippen LogP contribution in [0.1, 0.15) is 11.1 Å². The second kappa shape index (κ2) is 6.29. The third-order valence-electron chi connectivity index (χ3n) is 2.19. The second-order valence-corrected chi connectivity index (χ2v) is 3.11. The van der Waals surface area contributed by atoms with Crippen LogP contribution in [0.5, 0.6) is 0 Å². The first-order chi connectivity index (χ1) is 7.31. The van der Waals surface area contributed by atoms with E-state index >= 15 is 0 Å². The Bertz CT molecular complexity index is 307. The van der Waals surface area contributed by atoms with Gasteiger partial charge in [-0.15, -0.1) is 0 Å². The van der Waals surface area contributed by atoms with E-state index in [2.05, 4.69) is 4.89 Å². The van der Waals surface area contributed by atoms with Crippen molar-refractivity contribution in [2.45, 2.75) is 19.1 Å². The molecule has 4 heteroatoms. The van der Waals surface area contributed by atoms with E-state index in [1.807, 2.05) is 24.3 Å². The highest BCUT2D eigenvalue weighted by Gasteiger charge is 2.10. The zero-order chi connectivity index (χ0) is 11.1. The Hall–Kier alpha value is -1.23. The predicted octanol–water partition coefficient (Wildman–Crippen LogP) is 1.43. The van der Waals surface area contributed by atoms with Crippen LogP contribution in [0, 0.1) is 0 Å². The van der Waals surface area contributed by atoms with Gasteiger partial charge in [-0.3, -0.25) is 0 Å². The summed E-state index contributed by atoms with van der Waals surface area (Å²) in [4.78, 5) is 14.6. The maximum Gasteiger partial charge on any atom is 0.194 e. The van der Waals surface area contributed by atoms with Gasteiger partial charge in [0, 0.05) is 20.0 Å². The van der Waals surface area contributed by atoms with Crippen LogP contribution in [0.2, 0.25) is 0 Å². The Morgan fingerprint density at radius 1 is 1.40 bits per heavy atom. The van der Waals surface area contributed by atoms with Gasteiger partial charge in [-0.2, -0.15) is 0 Å². The SMILES string of the molecule is COC(Cc1ccccc1CC=O)OO. The molecule has 0 radical (unpaired) electrons. The highest BCUT2D eigenvalue weighted by atomic mass is 17.1. The number of ether oxygens (including phenoxy) is 1.